The Bertz CT molecular complexity index is 498. The molecule has 2 aromatic heterocycles. The normalized spacial score (nSPS) is 10.4. The van der Waals surface area contributed by atoms with Crippen LogP contribution in [0.4, 0.5) is 0 Å². The molecular formula is C14H19N5O. The Morgan fingerprint density at radius 2 is 2.00 bits per heavy atom. The molecule has 2 heterocycles. The van der Waals surface area contributed by atoms with Crippen molar-refractivity contribution in [1.82, 2.24) is 24.8 Å². The summed E-state index contributed by atoms with van der Waals surface area (Å²) < 4.78 is 2.08. The number of rotatable bonds is 8. The van der Waals surface area contributed by atoms with Crippen LogP contribution in [-0.2, 0) is 6.54 Å². The molecule has 0 spiro atoms. The molecule has 2 aromatic rings. The fourth-order valence-corrected chi connectivity index (χ4v) is 1.90. The Morgan fingerprint density at radius 3 is 2.75 bits per heavy atom. The van der Waals surface area contributed by atoms with E-state index >= 15 is 0 Å². The Kier molecular flexibility index (Phi) is 5.70. The molecule has 0 aliphatic heterocycles. The Hall–Kier alpha value is -2.24. The molecule has 0 unspecified atom stereocenters. The van der Waals surface area contributed by atoms with Crippen molar-refractivity contribution in [3.63, 3.8) is 0 Å². The first-order valence-corrected chi connectivity index (χ1v) is 6.86. The second-order valence-electron chi connectivity index (χ2n) is 4.56. The molecule has 106 valence electrons. The largest absolute Gasteiger partial charge is 0.351 e. The van der Waals surface area contributed by atoms with Gasteiger partial charge in [-0.2, -0.15) is 0 Å². The third kappa shape index (κ3) is 4.79. The number of aromatic nitrogens is 4. The van der Waals surface area contributed by atoms with E-state index in [2.05, 4.69) is 24.8 Å². The third-order valence-corrected chi connectivity index (χ3v) is 2.98. The average Bonchev–Trinajstić information content (AvgIpc) is 3.00. The smallest absolute Gasteiger partial charge is 0.271 e. The Morgan fingerprint density at radius 1 is 1.10 bits per heavy atom. The molecule has 0 saturated carbocycles. The van der Waals surface area contributed by atoms with E-state index in [9.17, 15) is 4.79 Å². The number of imidazole rings is 1. The van der Waals surface area contributed by atoms with Crippen molar-refractivity contribution in [2.24, 2.45) is 0 Å². The van der Waals surface area contributed by atoms with Crippen LogP contribution in [0.5, 0.6) is 0 Å². The van der Waals surface area contributed by atoms with Crippen molar-refractivity contribution < 1.29 is 4.79 Å². The molecule has 6 nitrogen and oxygen atoms in total. The minimum Gasteiger partial charge on any atom is -0.351 e. The quantitative estimate of drug-likeness (QED) is 0.742. The molecule has 0 aliphatic rings. The predicted molar refractivity (Wildman–Crippen MR) is 75.1 cm³/mol. The van der Waals surface area contributed by atoms with Crippen LogP contribution in [0.3, 0.4) is 0 Å². The number of carbonyl (C=O) groups is 1. The molecule has 2 rings (SSSR count). The predicted octanol–water partition coefficient (Wildman–Crippen LogP) is 1.66. The van der Waals surface area contributed by atoms with Gasteiger partial charge in [-0.3, -0.25) is 9.78 Å². The maximum absolute atomic E-state index is 11.7. The van der Waals surface area contributed by atoms with Gasteiger partial charge in [0.1, 0.15) is 5.69 Å². The average molecular weight is 273 g/mol. The summed E-state index contributed by atoms with van der Waals surface area (Å²) in [5.41, 5.74) is 0.368. The number of hydrogen-bond acceptors (Lipinski definition) is 4. The van der Waals surface area contributed by atoms with Crippen molar-refractivity contribution in [2.45, 2.75) is 32.2 Å². The number of carbonyl (C=O) groups excluding carboxylic acids is 1. The number of hydrogen-bond donors (Lipinski definition) is 1. The molecule has 1 amide bonds. The zero-order chi connectivity index (χ0) is 14.0. The van der Waals surface area contributed by atoms with E-state index in [0.29, 0.717) is 12.2 Å². The van der Waals surface area contributed by atoms with Gasteiger partial charge in [0.2, 0.25) is 0 Å². The number of amides is 1. The van der Waals surface area contributed by atoms with Gasteiger partial charge >= 0.3 is 0 Å². The van der Waals surface area contributed by atoms with Gasteiger partial charge in [-0.05, 0) is 12.8 Å². The fourth-order valence-electron chi connectivity index (χ4n) is 1.90. The second-order valence-corrected chi connectivity index (χ2v) is 4.56. The highest BCUT2D eigenvalue weighted by Gasteiger charge is 2.04. The van der Waals surface area contributed by atoms with E-state index in [1.54, 1.807) is 12.4 Å². The van der Waals surface area contributed by atoms with Crippen LogP contribution in [0.15, 0.2) is 37.3 Å². The summed E-state index contributed by atoms with van der Waals surface area (Å²) in [7, 11) is 0. The molecule has 0 atom stereocenters. The van der Waals surface area contributed by atoms with Crippen LogP contribution >= 0.6 is 0 Å². The van der Waals surface area contributed by atoms with E-state index in [-0.39, 0.29) is 5.91 Å². The monoisotopic (exact) mass is 273 g/mol. The molecule has 0 radical (unpaired) electrons. The minimum absolute atomic E-state index is 0.156. The zero-order valence-corrected chi connectivity index (χ0v) is 11.4. The van der Waals surface area contributed by atoms with Crippen molar-refractivity contribution in [1.29, 1.82) is 0 Å². The Balaban J connectivity index is 1.50. The lowest BCUT2D eigenvalue weighted by Crippen LogP contribution is -2.25. The van der Waals surface area contributed by atoms with Gasteiger partial charge < -0.3 is 9.88 Å². The number of nitrogens with one attached hydrogen (secondary N) is 1. The summed E-state index contributed by atoms with van der Waals surface area (Å²) in [6.45, 7) is 1.69. The van der Waals surface area contributed by atoms with Gasteiger partial charge in [-0.15, -0.1) is 0 Å². The van der Waals surface area contributed by atoms with Gasteiger partial charge in [0.15, 0.2) is 0 Å². The standard InChI is InChI=1S/C14H19N5O/c20-14(13-11-15-6-7-17-13)18-5-3-1-2-4-9-19-10-8-16-12-19/h6-8,10-12H,1-5,9H2,(H,18,20). The second kappa shape index (κ2) is 8.04. The van der Waals surface area contributed by atoms with Crippen molar-refractivity contribution in [3.05, 3.63) is 43.0 Å². The van der Waals surface area contributed by atoms with Gasteiger partial charge in [0.05, 0.1) is 12.5 Å². The lowest BCUT2D eigenvalue weighted by molar-refractivity contribution is 0.0947. The topological polar surface area (TPSA) is 72.7 Å². The third-order valence-electron chi connectivity index (χ3n) is 2.98. The molecule has 0 saturated heterocycles. The van der Waals surface area contributed by atoms with E-state index in [1.165, 1.54) is 12.4 Å². The molecule has 0 aromatic carbocycles. The maximum atomic E-state index is 11.7. The molecule has 20 heavy (non-hydrogen) atoms. The summed E-state index contributed by atoms with van der Waals surface area (Å²) in [4.78, 5) is 23.5. The number of aryl methyl sites for hydroxylation is 1. The molecule has 1 N–H and O–H groups in total. The summed E-state index contributed by atoms with van der Waals surface area (Å²) in [5, 5.41) is 2.85. The first kappa shape index (κ1) is 14.2. The first-order chi connectivity index (χ1) is 9.86. The molecule has 0 bridgehead atoms. The van der Waals surface area contributed by atoms with Crippen molar-refractivity contribution >= 4 is 5.91 Å². The van der Waals surface area contributed by atoms with Crippen molar-refractivity contribution in [3.8, 4) is 0 Å². The van der Waals surface area contributed by atoms with E-state index in [0.717, 1.165) is 32.2 Å². The van der Waals surface area contributed by atoms with Crippen LogP contribution < -0.4 is 5.32 Å². The Labute approximate surface area is 118 Å². The van der Waals surface area contributed by atoms with Crippen LogP contribution in [-0.4, -0.2) is 32.0 Å². The first-order valence-electron chi connectivity index (χ1n) is 6.86. The minimum atomic E-state index is -0.156. The summed E-state index contributed by atoms with van der Waals surface area (Å²) in [6.07, 6.45) is 14.5. The fraction of sp³-hybridized carbons (Fsp3) is 0.429. The zero-order valence-electron chi connectivity index (χ0n) is 11.4. The highest BCUT2D eigenvalue weighted by molar-refractivity contribution is 5.91. The highest BCUT2D eigenvalue weighted by atomic mass is 16.1. The molecular weight excluding hydrogens is 254 g/mol. The van der Waals surface area contributed by atoms with E-state index in [4.69, 9.17) is 0 Å². The van der Waals surface area contributed by atoms with Gasteiger partial charge in [-0.25, -0.2) is 9.97 Å². The van der Waals surface area contributed by atoms with Crippen LogP contribution in [0, 0.1) is 0 Å². The molecule has 0 aliphatic carbocycles. The van der Waals surface area contributed by atoms with Gasteiger partial charge in [0, 0.05) is 37.9 Å². The van der Waals surface area contributed by atoms with Crippen molar-refractivity contribution in [2.75, 3.05) is 6.54 Å². The molecule has 6 heteroatoms. The van der Waals surface area contributed by atoms with Crippen LogP contribution in [0.1, 0.15) is 36.2 Å². The summed E-state index contributed by atoms with van der Waals surface area (Å²) in [5.74, 6) is -0.156. The lowest BCUT2D eigenvalue weighted by Gasteiger charge is -2.05. The highest BCUT2D eigenvalue weighted by Crippen LogP contribution is 2.01. The number of nitrogens with zero attached hydrogens (tertiary/aromatic N) is 4. The summed E-state index contributed by atoms with van der Waals surface area (Å²) >= 11 is 0. The van der Waals surface area contributed by atoms with E-state index < -0.39 is 0 Å². The van der Waals surface area contributed by atoms with E-state index in [1.807, 2.05) is 12.5 Å². The summed E-state index contributed by atoms with van der Waals surface area (Å²) in [6, 6.07) is 0. The van der Waals surface area contributed by atoms with Crippen LogP contribution in [0.25, 0.3) is 0 Å². The SMILES string of the molecule is O=C(NCCCCCCn1ccnc1)c1cnccn1. The number of unbranched alkanes of at least 4 members (excludes halogenated alkanes) is 3. The maximum Gasteiger partial charge on any atom is 0.271 e. The molecule has 0 fully saturated rings. The van der Waals surface area contributed by atoms with Crippen LogP contribution in [0.2, 0.25) is 0 Å². The van der Waals surface area contributed by atoms with Gasteiger partial charge in [0.25, 0.3) is 5.91 Å². The van der Waals surface area contributed by atoms with Gasteiger partial charge in [-0.1, -0.05) is 12.8 Å². The lowest BCUT2D eigenvalue weighted by atomic mass is 10.2.